The summed E-state index contributed by atoms with van der Waals surface area (Å²) in [6.07, 6.45) is 7.50. The molecule has 0 spiro atoms. The van der Waals surface area contributed by atoms with Gasteiger partial charge in [-0.25, -0.2) is 0 Å². The fraction of sp³-hybridized carbons (Fsp3) is 0.625. The number of hydrogen-bond donors (Lipinski definition) is 2. The maximum absolute atomic E-state index is 10.2. The third-order valence-corrected chi connectivity index (χ3v) is 1.77. The Morgan fingerprint density at radius 2 is 2.55 bits per heavy atom. The van der Waals surface area contributed by atoms with Crippen LogP contribution in [0.4, 0.5) is 0 Å². The molecule has 1 unspecified atom stereocenters. The van der Waals surface area contributed by atoms with Crippen LogP contribution in [0.15, 0.2) is 12.2 Å². The Bertz CT molecular complexity index is 165. The molecule has 0 aliphatic heterocycles. The SMILES string of the molecule is O=C(O)CNC1C=CCCC1. The van der Waals surface area contributed by atoms with Gasteiger partial charge in [0.1, 0.15) is 0 Å². The molecular formula is C8H13NO2. The molecule has 0 saturated carbocycles. The summed E-state index contributed by atoms with van der Waals surface area (Å²) in [6.45, 7) is 0.0645. The first-order chi connectivity index (χ1) is 5.29. The van der Waals surface area contributed by atoms with Crippen LogP contribution in [-0.2, 0) is 4.79 Å². The van der Waals surface area contributed by atoms with E-state index in [4.69, 9.17) is 5.11 Å². The van der Waals surface area contributed by atoms with Crippen molar-refractivity contribution in [1.82, 2.24) is 5.32 Å². The van der Waals surface area contributed by atoms with E-state index in [1.807, 2.05) is 6.08 Å². The minimum Gasteiger partial charge on any atom is -0.480 e. The third kappa shape index (κ3) is 3.18. The van der Waals surface area contributed by atoms with Gasteiger partial charge in [-0.2, -0.15) is 0 Å². The van der Waals surface area contributed by atoms with Crippen LogP contribution in [-0.4, -0.2) is 23.7 Å². The van der Waals surface area contributed by atoms with E-state index in [0.29, 0.717) is 0 Å². The standard InChI is InChI=1S/C8H13NO2/c10-8(11)6-9-7-4-2-1-3-5-7/h2,4,7,9H,1,3,5-6H2,(H,10,11). The van der Waals surface area contributed by atoms with Crippen LogP contribution >= 0.6 is 0 Å². The molecule has 1 rings (SSSR count). The Hall–Kier alpha value is -0.830. The lowest BCUT2D eigenvalue weighted by Gasteiger charge is -2.16. The van der Waals surface area contributed by atoms with Gasteiger partial charge in [0.2, 0.25) is 0 Å². The van der Waals surface area contributed by atoms with E-state index in [0.717, 1.165) is 19.3 Å². The summed E-state index contributed by atoms with van der Waals surface area (Å²) < 4.78 is 0. The second kappa shape index (κ2) is 4.13. The normalized spacial score (nSPS) is 23.5. The van der Waals surface area contributed by atoms with Crippen LogP contribution in [0, 0.1) is 0 Å². The van der Waals surface area contributed by atoms with Crippen molar-refractivity contribution in [2.75, 3.05) is 6.54 Å². The molecule has 11 heavy (non-hydrogen) atoms. The second-order valence-corrected chi connectivity index (χ2v) is 2.74. The third-order valence-electron chi connectivity index (χ3n) is 1.77. The van der Waals surface area contributed by atoms with E-state index in [-0.39, 0.29) is 12.6 Å². The van der Waals surface area contributed by atoms with Gasteiger partial charge in [0, 0.05) is 6.04 Å². The van der Waals surface area contributed by atoms with Gasteiger partial charge in [0.05, 0.1) is 6.54 Å². The average molecular weight is 155 g/mol. The molecule has 3 nitrogen and oxygen atoms in total. The summed E-state index contributed by atoms with van der Waals surface area (Å²) in [6, 6.07) is 0.278. The summed E-state index contributed by atoms with van der Waals surface area (Å²) in [4.78, 5) is 10.2. The highest BCUT2D eigenvalue weighted by molar-refractivity contribution is 5.69. The lowest BCUT2D eigenvalue weighted by Crippen LogP contribution is -2.32. The zero-order valence-electron chi connectivity index (χ0n) is 6.42. The molecule has 1 aliphatic carbocycles. The predicted molar refractivity (Wildman–Crippen MR) is 42.4 cm³/mol. The quantitative estimate of drug-likeness (QED) is 0.592. The number of aliphatic carboxylic acids is 1. The zero-order valence-corrected chi connectivity index (χ0v) is 6.42. The van der Waals surface area contributed by atoms with Crippen LogP contribution in [0.25, 0.3) is 0 Å². The summed E-state index contributed by atoms with van der Waals surface area (Å²) in [5.41, 5.74) is 0. The Kier molecular flexibility index (Phi) is 3.11. The fourth-order valence-electron chi connectivity index (χ4n) is 1.20. The molecule has 0 heterocycles. The molecule has 62 valence electrons. The minimum absolute atomic E-state index is 0.0645. The number of rotatable bonds is 3. The van der Waals surface area contributed by atoms with E-state index in [1.165, 1.54) is 0 Å². The summed E-state index contributed by atoms with van der Waals surface area (Å²) >= 11 is 0. The lowest BCUT2D eigenvalue weighted by atomic mass is 10.0. The summed E-state index contributed by atoms with van der Waals surface area (Å²) in [7, 11) is 0. The number of hydrogen-bond acceptors (Lipinski definition) is 2. The van der Waals surface area contributed by atoms with E-state index in [9.17, 15) is 4.79 Å². The van der Waals surface area contributed by atoms with Crippen molar-refractivity contribution in [1.29, 1.82) is 0 Å². The maximum Gasteiger partial charge on any atom is 0.317 e. The lowest BCUT2D eigenvalue weighted by molar-refractivity contribution is -0.136. The van der Waals surface area contributed by atoms with Crippen LogP contribution in [0.3, 0.4) is 0 Å². The van der Waals surface area contributed by atoms with Crippen molar-refractivity contribution in [2.45, 2.75) is 25.3 Å². The van der Waals surface area contributed by atoms with E-state index < -0.39 is 5.97 Å². The molecule has 3 heteroatoms. The van der Waals surface area contributed by atoms with Crippen molar-refractivity contribution < 1.29 is 9.90 Å². The van der Waals surface area contributed by atoms with Crippen LogP contribution in [0.5, 0.6) is 0 Å². The molecule has 1 aliphatic rings. The number of carbonyl (C=O) groups is 1. The largest absolute Gasteiger partial charge is 0.480 e. The molecule has 0 aromatic carbocycles. The van der Waals surface area contributed by atoms with Gasteiger partial charge in [0.25, 0.3) is 0 Å². The summed E-state index contributed by atoms with van der Waals surface area (Å²) in [5, 5.41) is 11.3. The summed E-state index contributed by atoms with van der Waals surface area (Å²) in [5.74, 6) is -0.788. The highest BCUT2D eigenvalue weighted by atomic mass is 16.4. The van der Waals surface area contributed by atoms with Gasteiger partial charge in [-0.3, -0.25) is 4.79 Å². The predicted octanol–water partition coefficient (Wildman–Crippen LogP) is 0.769. The van der Waals surface area contributed by atoms with Gasteiger partial charge in [-0.1, -0.05) is 12.2 Å². The second-order valence-electron chi connectivity index (χ2n) is 2.74. The van der Waals surface area contributed by atoms with Crippen molar-refractivity contribution in [3.05, 3.63) is 12.2 Å². The van der Waals surface area contributed by atoms with E-state index in [2.05, 4.69) is 11.4 Å². The fourth-order valence-corrected chi connectivity index (χ4v) is 1.20. The highest BCUT2D eigenvalue weighted by Crippen LogP contribution is 2.09. The van der Waals surface area contributed by atoms with E-state index >= 15 is 0 Å². The molecule has 0 aromatic rings. The van der Waals surface area contributed by atoms with Gasteiger partial charge < -0.3 is 10.4 Å². The molecule has 0 saturated heterocycles. The van der Waals surface area contributed by atoms with E-state index in [1.54, 1.807) is 0 Å². The molecule has 0 radical (unpaired) electrons. The molecular weight excluding hydrogens is 142 g/mol. The van der Waals surface area contributed by atoms with Crippen LogP contribution in [0.1, 0.15) is 19.3 Å². The minimum atomic E-state index is -0.788. The average Bonchev–Trinajstić information content (AvgIpc) is 2.03. The monoisotopic (exact) mass is 155 g/mol. The molecule has 0 bridgehead atoms. The molecule has 2 N–H and O–H groups in total. The number of nitrogens with one attached hydrogen (secondary N) is 1. The Balaban J connectivity index is 2.20. The van der Waals surface area contributed by atoms with Crippen LogP contribution in [0.2, 0.25) is 0 Å². The molecule has 1 atom stereocenters. The molecule has 0 aromatic heterocycles. The number of allylic oxidation sites excluding steroid dienone is 1. The van der Waals surface area contributed by atoms with Crippen molar-refractivity contribution in [3.8, 4) is 0 Å². The highest BCUT2D eigenvalue weighted by Gasteiger charge is 2.07. The topological polar surface area (TPSA) is 49.3 Å². The Morgan fingerprint density at radius 1 is 1.73 bits per heavy atom. The number of carboxylic acid groups (broad SMARTS) is 1. The molecule has 0 amide bonds. The zero-order chi connectivity index (χ0) is 8.10. The van der Waals surface area contributed by atoms with Crippen molar-refractivity contribution in [3.63, 3.8) is 0 Å². The number of carboxylic acids is 1. The van der Waals surface area contributed by atoms with Gasteiger partial charge >= 0.3 is 5.97 Å². The Labute approximate surface area is 66.1 Å². The van der Waals surface area contributed by atoms with Crippen molar-refractivity contribution >= 4 is 5.97 Å². The van der Waals surface area contributed by atoms with Gasteiger partial charge in [-0.05, 0) is 19.3 Å². The van der Waals surface area contributed by atoms with Gasteiger partial charge in [0.15, 0.2) is 0 Å². The van der Waals surface area contributed by atoms with Gasteiger partial charge in [-0.15, -0.1) is 0 Å². The van der Waals surface area contributed by atoms with Crippen molar-refractivity contribution in [2.24, 2.45) is 0 Å². The first-order valence-corrected chi connectivity index (χ1v) is 3.91. The smallest absolute Gasteiger partial charge is 0.317 e. The maximum atomic E-state index is 10.2. The van der Waals surface area contributed by atoms with Crippen LogP contribution < -0.4 is 5.32 Å². The molecule has 0 fully saturated rings. The Morgan fingerprint density at radius 3 is 3.09 bits per heavy atom. The first kappa shape index (κ1) is 8.27. The first-order valence-electron chi connectivity index (χ1n) is 3.91.